The number of rotatable bonds is 7. The van der Waals surface area contributed by atoms with Crippen molar-refractivity contribution in [1.29, 1.82) is 0 Å². The van der Waals surface area contributed by atoms with Crippen LogP contribution >= 0.6 is 0 Å². The monoisotopic (exact) mass is 264 g/mol. The normalized spacial score (nSPS) is 10.9. The Morgan fingerprint density at radius 3 is 2.95 bits per heavy atom. The van der Waals surface area contributed by atoms with Gasteiger partial charge in [0.1, 0.15) is 5.76 Å². The van der Waals surface area contributed by atoms with Crippen LogP contribution in [0.2, 0.25) is 0 Å². The molecule has 0 atom stereocenters. The molecule has 6 nitrogen and oxygen atoms in total. The number of aryl methyl sites for hydroxylation is 2. The van der Waals surface area contributed by atoms with Crippen LogP contribution in [0, 0.1) is 13.8 Å². The minimum atomic E-state index is 0.716. The number of hydrogen-bond donors (Lipinski definition) is 1. The van der Waals surface area contributed by atoms with Gasteiger partial charge in [0.15, 0.2) is 0 Å². The Hall–Kier alpha value is -1.82. The average molecular weight is 264 g/mol. The van der Waals surface area contributed by atoms with E-state index in [0.717, 1.165) is 42.5 Å². The Balaban J connectivity index is 1.99. The molecule has 0 bridgehead atoms. The Labute approximate surface area is 112 Å². The van der Waals surface area contributed by atoms with Crippen LogP contribution in [0.1, 0.15) is 23.4 Å². The van der Waals surface area contributed by atoms with Gasteiger partial charge < -0.3 is 19.1 Å². The predicted molar refractivity (Wildman–Crippen MR) is 72.3 cm³/mol. The number of hydrogen-bond acceptors (Lipinski definition) is 5. The van der Waals surface area contributed by atoms with E-state index in [1.807, 2.05) is 20.0 Å². The summed E-state index contributed by atoms with van der Waals surface area (Å²) in [7, 11) is 1.71. The lowest BCUT2D eigenvalue weighted by molar-refractivity contribution is 0.197. The topological polar surface area (TPSA) is 65.1 Å². The second-order valence-corrected chi connectivity index (χ2v) is 4.45. The van der Waals surface area contributed by atoms with Gasteiger partial charge in [-0.1, -0.05) is 5.16 Å². The van der Waals surface area contributed by atoms with Gasteiger partial charge in [-0.2, -0.15) is 0 Å². The van der Waals surface area contributed by atoms with Gasteiger partial charge in [-0.3, -0.25) is 0 Å². The lowest BCUT2D eigenvalue weighted by Gasteiger charge is -2.09. The molecule has 2 aromatic rings. The second kappa shape index (κ2) is 6.38. The molecule has 2 aromatic heterocycles. The summed E-state index contributed by atoms with van der Waals surface area (Å²) in [5.74, 6) is 1.72. The van der Waals surface area contributed by atoms with E-state index < -0.39 is 0 Å². The standard InChI is InChI=1S/C13H20N4O2/c1-10-12(11(2)19-16-10)9-17-7-6-15-13(17)14-5-4-8-18-3/h6-7H,4-5,8-9H2,1-3H3,(H,14,15). The van der Waals surface area contributed by atoms with Crippen LogP contribution < -0.4 is 5.32 Å². The van der Waals surface area contributed by atoms with E-state index in [1.165, 1.54) is 0 Å². The summed E-state index contributed by atoms with van der Waals surface area (Å²) < 4.78 is 12.3. The van der Waals surface area contributed by atoms with E-state index in [0.29, 0.717) is 6.54 Å². The molecule has 2 rings (SSSR count). The fourth-order valence-corrected chi connectivity index (χ4v) is 1.92. The van der Waals surface area contributed by atoms with E-state index in [4.69, 9.17) is 9.26 Å². The van der Waals surface area contributed by atoms with Crippen molar-refractivity contribution in [2.24, 2.45) is 0 Å². The van der Waals surface area contributed by atoms with Gasteiger partial charge in [-0.05, 0) is 20.3 Å². The van der Waals surface area contributed by atoms with Crippen LogP contribution in [0.3, 0.4) is 0 Å². The molecule has 2 heterocycles. The summed E-state index contributed by atoms with van der Waals surface area (Å²) >= 11 is 0. The van der Waals surface area contributed by atoms with Gasteiger partial charge >= 0.3 is 0 Å². The third kappa shape index (κ3) is 3.35. The van der Waals surface area contributed by atoms with E-state index in [2.05, 4.69) is 20.0 Å². The maximum Gasteiger partial charge on any atom is 0.203 e. The highest BCUT2D eigenvalue weighted by atomic mass is 16.5. The van der Waals surface area contributed by atoms with Crippen LogP contribution in [0.5, 0.6) is 0 Å². The quantitative estimate of drug-likeness (QED) is 0.775. The van der Waals surface area contributed by atoms with Crippen LogP contribution in [-0.2, 0) is 11.3 Å². The highest BCUT2D eigenvalue weighted by Gasteiger charge is 2.11. The molecule has 19 heavy (non-hydrogen) atoms. The van der Waals surface area contributed by atoms with E-state index in [1.54, 1.807) is 13.3 Å². The van der Waals surface area contributed by atoms with E-state index in [-0.39, 0.29) is 0 Å². The number of nitrogens with one attached hydrogen (secondary N) is 1. The molecular formula is C13H20N4O2. The van der Waals surface area contributed by atoms with Crippen LogP contribution in [0.15, 0.2) is 16.9 Å². The summed E-state index contributed by atoms with van der Waals surface area (Å²) in [6.07, 6.45) is 4.69. The molecule has 0 saturated carbocycles. The molecule has 0 fully saturated rings. The Morgan fingerprint density at radius 1 is 1.42 bits per heavy atom. The zero-order chi connectivity index (χ0) is 13.7. The predicted octanol–water partition coefficient (Wildman–Crippen LogP) is 1.98. The molecule has 0 aliphatic carbocycles. The molecule has 0 aliphatic rings. The summed E-state index contributed by atoms with van der Waals surface area (Å²) in [6.45, 7) is 6.18. The molecule has 0 spiro atoms. The largest absolute Gasteiger partial charge is 0.385 e. The zero-order valence-corrected chi connectivity index (χ0v) is 11.6. The molecule has 0 unspecified atom stereocenters. The van der Waals surface area contributed by atoms with Crippen molar-refractivity contribution in [2.75, 3.05) is 25.6 Å². The molecule has 104 valence electrons. The van der Waals surface area contributed by atoms with Gasteiger partial charge in [0.25, 0.3) is 0 Å². The summed E-state index contributed by atoms with van der Waals surface area (Å²) in [4.78, 5) is 4.31. The van der Waals surface area contributed by atoms with Crippen LogP contribution in [0.4, 0.5) is 5.95 Å². The Kier molecular flexibility index (Phi) is 4.57. The number of nitrogens with zero attached hydrogens (tertiary/aromatic N) is 3. The Morgan fingerprint density at radius 2 is 2.26 bits per heavy atom. The number of anilines is 1. The molecule has 0 radical (unpaired) electrons. The zero-order valence-electron chi connectivity index (χ0n) is 11.6. The number of methoxy groups -OCH3 is 1. The SMILES string of the molecule is COCCCNc1nccn1Cc1c(C)noc1C. The summed E-state index contributed by atoms with van der Waals surface area (Å²) in [5, 5.41) is 7.27. The van der Waals surface area contributed by atoms with Crippen LogP contribution in [0.25, 0.3) is 0 Å². The number of imidazole rings is 1. The third-order valence-corrected chi connectivity index (χ3v) is 3.03. The molecule has 0 amide bonds. The fourth-order valence-electron chi connectivity index (χ4n) is 1.92. The lowest BCUT2D eigenvalue weighted by Crippen LogP contribution is -2.11. The van der Waals surface area contributed by atoms with E-state index >= 15 is 0 Å². The average Bonchev–Trinajstić information content (AvgIpc) is 2.97. The van der Waals surface area contributed by atoms with Gasteiger partial charge in [-0.25, -0.2) is 4.98 Å². The van der Waals surface area contributed by atoms with Crippen molar-refractivity contribution in [3.8, 4) is 0 Å². The van der Waals surface area contributed by atoms with Gasteiger partial charge in [0.05, 0.1) is 12.2 Å². The van der Waals surface area contributed by atoms with Crippen molar-refractivity contribution in [1.82, 2.24) is 14.7 Å². The molecule has 0 aliphatic heterocycles. The highest BCUT2D eigenvalue weighted by Crippen LogP contribution is 2.16. The minimum Gasteiger partial charge on any atom is -0.385 e. The maximum absolute atomic E-state index is 5.18. The molecule has 0 saturated heterocycles. The highest BCUT2D eigenvalue weighted by molar-refractivity contribution is 5.29. The fraction of sp³-hybridized carbons (Fsp3) is 0.538. The van der Waals surface area contributed by atoms with Gasteiger partial charge in [0.2, 0.25) is 5.95 Å². The second-order valence-electron chi connectivity index (χ2n) is 4.45. The summed E-state index contributed by atoms with van der Waals surface area (Å²) in [6, 6.07) is 0. The molecule has 6 heteroatoms. The number of ether oxygens (including phenoxy) is 1. The Bertz CT molecular complexity index is 499. The smallest absolute Gasteiger partial charge is 0.203 e. The number of aromatic nitrogens is 3. The lowest BCUT2D eigenvalue weighted by atomic mass is 10.2. The van der Waals surface area contributed by atoms with Crippen molar-refractivity contribution in [2.45, 2.75) is 26.8 Å². The molecule has 1 N–H and O–H groups in total. The van der Waals surface area contributed by atoms with Crippen molar-refractivity contribution >= 4 is 5.95 Å². The first-order chi connectivity index (χ1) is 9.22. The van der Waals surface area contributed by atoms with Crippen molar-refractivity contribution in [3.05, 3.63) is 29.4 Å². The summed E-state index contributed by atoms with van der Waals surface area (Å²) in [5.41, 5.74) is 2.04. The maximum atomic E-state index is 5.18. The third-order valence-electron chi connectivity index (χ3n) is 3.03. The minimum absolute atomic E-state index is 0.716. The first kappa shape index (κ1) is 13.6. The van der Waals surface area contributed by atoms with Gasteiger partial charge in [-0.15, -0.1) is 0 Å². The van der Waals surface area contributed by atoms with Crippen molar-refractivity contribution < 1.29 is 9.26 Å². The van der Waals surface area contributed by atoms with Crippen LogP contribution in [-0.4, -0.2) is 35.0 Å². The first-order valence-electron chi connectivity index (χ1n) is 6.38. The van der Waals surface area contributed by atoms with E-state index in [9.17, 15) is 0 Å². The van der Waals surface area contributed by atoms with Crippen molar-refractivity contribution in [3.63, 3.8) is 0 Å². The first-order valence-corrected chi connectivity index (χ1v) is 6.38. The van der Waals surface area contributed by atoms with Gasteiger partial charge in [0, 0.05) is 38.2 Å². The molecule has 0 aromatic carbocycles. The molecular weight excluding hydrogens is 244 g/mol.